The molecule has 0 saturated carbocycles. The van der Waals surface area contributed by atoms with Gasteiger partial charge in [-0.05, 0) is 59.9 Å². The van der Waals surface area contributed by atoms with Gasteiger partial charge in [0, 0.05) is 21.1 Å². The highest BCUT2D eigenvalue weighted by molar-refractivity contribution is 9.11. The maximum absolute atomic E-state index is 13.8. The molecule has 0 fully saturated rings. The first-order chi connectivity index (χ1) is 14.0. The molecule has 0 radical (unpaired) electrons. The number of fused-ring (bicyclic) bond motifs is 1. The Bertz CT molecular complexity index is 932. The average Bonchev–Trinajstić information content (AvgIpc) is 3.06. The summed E-state index contributed by atoms with van der Waals surface area (Å²) >= 11 is 6.34. The Balaban J connectivity index is 1.81. The number of halogens is 5. The summed E-state index contributed by atoms with van der Waals surface area (Å²) in [6, 6.07) is 9.29. The number of rotatable bonds is 6. The Morgan fingerprint density at radius 1 is 1.17 bits per heavy atom. The van der Waals surface area contributed by atoms with E-state index in [0.717, 1.165) is 24.0 Å². The van der Waals surface area contributed by atoms with Crippen molar-refractivity contribution in [3.05, 3.63) is 62.0 Å². The molecule has 0 spiro atoms. The molecule has 1 aliphatic carbocycles. The van der Waals surface area contributed by atoms with Crippen molar-refractivity contribution in [3.8, 4) is 0 Å². The van der Waals surface area contributed by atoms with Gasteiger partial charge in [-0.3, -0.25) is 4.79 Å². The van der Waals surface area contributed by atoms with Gasteiger partial charge < -0.3 is 15.7 Å². The summed E-state index contributed by atoms with van der Waals surface area (Å²) < 4.78 is 42.3. The molecular weight excluding hydrogens is 529 g/mol. The number of benzene rings is 2. The van der Waals surface area contributed by atoms with E-state index < -0.39 is 18.3 Å². The van der Waals surface area contributed by atoms with E-state index in [4.69, 9.17) is 0 Å². The number of hydrogen-bond donors (Lipinski definition) is 3. The molecule has 1 aliphatic rings. The molecule has 0 saturated heterocycles. The minimum absolute atomic E-state index is 0.0366. The molecule has 0 heterocycles. The van der Waals surface area contributed by atoms with Crippen LogP contribution in [0.3, 0.4) is 0 Å². The largest absolute Gasteiger partial charge is 0.423 e. The zero-order chi connectivity index (χ0) is 22.1. The van der Waals surface area contributed by atoms with Gasteiger partial charge in [0.1, 0.15) is 0 Å². The van der Waals surface area contributed by atoms with Crippen LogP contribution < -0.4 is 10.6 Å². The number of aliphatic hydroxyl groups is 1. The Labute approximate surface area is 189 Å². The lowest BCUT2D eigenvalue weighted by molar-refractivity contribution is -0.260. The van der Waals surface area contributed by atoms with E-state index in [2.05, 4.69) is 42.5 Å². The van der Waals surface area contributed by atoms with Gasteiger partial charge in [-0.15, -0.1) is 0 Å². The highest BCUT2D eigenvalue weighted by Gasteiger charge is 2.55. The van der Waals surface area contributed by atoms with E-state index in [0.29, 0.717) is 21.1 Å². The summed E-state index contributed by atoms with van der Waals surface area (Å²) in [5, 5.41) is 16.3. The highest BCUT2D eigenvalue weighted by Crippen LogP contribution is 2.41. The minimum Gasteiger partial charge on any atom is -0.381 e. The van der Waals surface area contributed by atoms with Crippen molar-refractivity contribution < 1.29 is 23.1 Å². The van der Waals surface area contributed by atoms with E-state index in [1.54, 1.807) is 25.1 Å². The summed E-state index contributed by atoms with van der Waals surface area (Å²) in [4.78, 5) is 11.7. The topological polar surface area (TPSA) is 61.4 Å². The van der Waals surface area contributed by atoms with Gasteiger partial charge in [0.05, 0.1) is 12.6 Å². The lowest BCUT2D eigenvalue weighted by Crippen LogP contribution is -2.47. The van der Waals surface area contributed by atoms with Gasteiger partial charge in [-0.25, -0.2) is 0 Å². The zero-order valence-corrected chi connectivity index (χ0v) is 19.3. The van der Waals surface area contributed by atoms with Crippen molar-refractivity contribution in [1.29, 1.82) is 0 Å². The van der Waals surface area contributed by atoms with Gasteiger partial charge in [0.2, 0.25) is 11.5 Å². The minimum atomic E-state index is -4.88. The molecule has 2 atom stereocenters. The standard InChI is InChI=1S/C21H21Br2F3N2O2/c1-2-19(29)28-18-6-3-12-7-16(4-5-17(12)18)27-11-20(30,21(24,25)26)13-8-14(22)10-15(23)9-13/h4-5,7-10,18,27,30H,2-3,6,11H2,1H3,(H,28,29)/t18-,20+/m1/s1. The first kappa shape index (κ1) is 23.1. The van der Waals surface area contributed by atoms with E-state index in [9.17, 15) is 23.1 Å². The van der Waals surface area contributed by atoms with Crippen molar-refractivity contribution >= 4 is 43.5 Å². The fourth-order valence-electron chi connectivity index (χ4n) is 3.56. The molecule has 2 aromatic carbocycles. The number of aryl methyl sites for hydroxylation is 1. The first-order valence-electron chi connectivity index (χ1n) is 9.45. The van der Waals surface area contributed by atoms with Crippen LogP contribution >= 0.6 is 31.9 Å². The molecule has 3 N–H and O–H groups in total. The SMILES string of the molecule is CCC(=O)N[C@@H]1CCc2cc(NC[C@](O)(c3cc(Br)cc(Br)c3)C(F)(F)F)ccc21. The zero-order valence-electron chi connectivity index (χ0n) is 16.1. The third-order valence-electron chi connectivity index (χ3n) is 5.23. The second-order valence-electron chi connectivity index (χ2n) is 7.30. The maximum Gasteiger partial charge on any atom is 0.423 e. The Morgan fingerprint density at radius 2 is 1.83 bits per heavy atom. The van der Waals surface area contributed by atoms with Crippen LogP contribution in [0, 0.1) is 0 Å². The molecule has 0 bridgehead atoms. The molecule has 0 aliphatic heterocycles. The predicted molar refractivity (Wildman–Crippen MR) is 116 cm³/mol. The molecule has 0 aromatic heterocycles. The maximum atomic E-state index is 13.8. The summed E-state index contributed by atoms with van der Waals surface area (Å²) in [7, 11) is 0. The first-order valence-corrected chi connectivity index (χ1v) is 11.0. The van der Waals surface area contributed by atoms with E-state index >= 15 is 0 Å². The van der Waals surface area contributed by atoms with Gasteiger partial charge >= 0.3 is 6.18 Å². The van der Waals surface area contributed by atoms with Crippen LogP contribution in [0.25, 0.3) is 0 Å². The Kier molecular flexibility index (Phi) is 6.84. The number of carbonyl (C=O) groups is 1. The molecule has 1 amide bonds. The number of anilines is 1. The number of alkyl halides is 3. The van der Waals surface area contributed by atoms with Crippen LogP contribution in [0.2, 0.25) is 0 Å². The van der Waals surface area contributed by atoms with Crippen molar-refractivity contribution in [3.63, 3.8) is 0 Å². The Hall–Kier alpha value is -1.58. The molecular formula is C21H21Br2F3N2O2. The van der Waals surface area contributed by atoms with Crippen LogP contribution in [0.15, 0.2) is 45.3 Å². The monoisotopic (exact) mass is 548 g/mol. The van der Waals surface area contributed by atoms with Crippen molar-refractivity contribution in [2.24, 2.45) is 0 Å². The van der Waals surface area contributed by atoms with E-state index in [1.165, 1.54) is 12.1 Å². The number of nitrogens with one attached hydrogen (secondary N) is 2. The Morgan fingerprint density at radius 3 is 2.43 bits per heavy atom. The molecule has 0 unspecified atom stereocenters. The van der Waals surface area contributed by atoms with Crippen molar-refractivity contribution in [2.75, 3.05) is 11.9 Å². The van der Waals surface area contributed by atoms with E-state index in [-0.39, 0.29) is 17.5 Å². The van der Waals surface area contributed by atoms with Crippen LogP contribution in [0.5, 0.6) is 0 Å². The van der Waals surface area contributed by atoms with Gasteiger partial charge in [0.25, 0.3) is 0 Å². The smallest absolute Gasteiger partial charge is 0.381 e. The van der Waals surface area contributed by atoms with Gasteiger partial charge in [0.15, 0.2) is 0 Å². The van der Waals surface area contributed by atoms with Gasteiger partial charge in [-0.2, -0.15) is 13.2 Å². The molecule has 4 nitrogen and oxygen atoms in total. The summed E-state index contributed by atoms with van der Waals surface area (Å²) in [6.45, 7) is 1.04. The highest BCUT2D eigenvalue weighted by atomic mass is 79.9. The predicted octanol–water partition coefficient (Wildman–Crippen LogP) is 5.59. The number of amides is 1. The lowest BCUT2D eigenvalue weighted by Gasteiger charge is -2.32. The molecule has 9 heteroatoms. The normalized spacial score (nSPS) is 17.9. The molecule has 30 heavy (non-hydrogen) atoms. The summed E-state index contributed by atoms with van der Waals surface area (Å²) in [5.41, 5.74) is -0.914. The molecule has 2 aromatic rings. The third-order valence-corrected chi connectivity index (χ3v) is 6.15. The summed E-state index contributed by atoms with van der Waals surface area (Å²) in [6.07, 6.45) is -3.01. The third kappa shape index (κ3) is 4.84. The number of hydrogen-bond acceptors (Lipinski definition) is 3. The average molecular weight is 550 g/mol. The van der Waals surface area contributed by atoms with Crippen molar-refractivity contribution in [2.45, 2.75) is 44.0 Å². The fraction of sp³-hybridized carbons (Fsp3) is 0.381. The fourth-order valence-corrected chi connectivity index (χ4v) is 4.86. The van der Waals surface area contributed by atoms with Crippen LogP contribution in [0.4, 0.5) is 18.9 Å². The molecule has 3 rings (SSSR count). The van der Waals surface area contributed by atoms with Crippen LogP contribution in [-0.4, -0.2) is 23.7 Å². The second-order valence-corrected chi connectivity index (χ2v) is 9.13. The van der Waals surface area contributed by atoms with Crippen LogP contribution in [0.1, 0.15) is 42.5 Å². The second kappa shape index (κ2) is 8.88. The van der Waals surface area contributed by atoms with Crippen molar-refractivity contribution in [1.82, 2.24) is 5.32 Å². The molecule has 162 valence electrons. The van der Waals surface area contributed by atoms with Crippen LogP contribution in [-0.2, 0) is 16.8 Å². The van der Waals surface area contributed by atoms with E-state index in [1.807, 2.05) is 6.07 Å². The quantitative estimate of drug-likeness (QED) is 0.440. The van der Waals surface area contributed by atoms with Gasteiger partial charge in [-0.1, -0.05) is 44.8 Å². The number of carbonyl (C=O) groups excluding carboxylic acids is 1. The lowest BCUT2D eigenvalue weighted by atomic mass is 9.92. The summed E-state index contributed by atoms with van der Waals surface area (Å²) in [5.74, 6) is -0.0366.